The fourth-order valence-corrected chi connectivity index (χ4v) is 1.79. The summed E-state index contributed by atoms with van der Waals surface area (Å²) in [5, 5.41) is 19.3. The second-order valence-corrected chi connectivity index (χ2v) is 4.19. The Morgan fingerprint density at radius 1 is 1.11 bits per heavy atom. The lowest BCUT2D eigenvalue weighted by Crippen LogP contribution is -2.36. The number of aliphatic hydroxyl groups excluding tert-OH is 1. The molecule has 19 heavy (non-hydrogen) atoms. The third-order valence-electron chi connectivity index (χ3n) is 2.87. The van der Waals surface area contributed by atoms with Crippen LogP contribution in [0.15, 0.2) is 36.4 Å². The summed E-state index contributed by atoms with van der Waals surface area (Å²) in [7, 11) is 0. The molecule has 0 aliphatic rings. The minimum absolute atomic E-state index is 0. The fraction of sp³-hybridized carbons (Fsp3) is 0.231. The molecule has 0 radical (unpaired) electrons. The lowest BCUT2D eigenvalue weighted by Gasteiger charge is -2.21. The van der Waals surface area contributed by atoms with E-state index >= 15 is 0 Å². The van der Waals surface area contributed by atoms with Gasteiger partial charge >= 0.3 is 0 Å². The molecule has 0 aliphatic heterocycles. The number of aromatic hydroxyl groups is 1. The number of rotatable bonds is 3. The topological polar surface area (TPSA) is 66.5 Å². The zero-order valence-corrected chi connectivity index (χ0v) is 10.7. The average Bonchev–Trinajstić information content (AvgIpc) is 2.37. The highest BCUT2D eigenvalue weighted by Gasteiger charge is 2.37. The predicted octanol–water partition coefficient (Wildman–Crippen LogP) is 2.59. The molecule has 0 aliphatic carbocycles. The molecule has 0 heterocycles. The van der Waals surface area contributed by atoms with Crippen LogP contribution in [0, 0.1) is 0 Å². The molecule has 2 aromatic rings. The Bertz CT molecular complexity index is 578. The molecule has 0 saturated heterocycles. The molecule has 0 amide bonds. The molecule has 0 fully saturated rings. The second-order valence-electron chi connectivity index (χ2n) is 4.19. The van der Waals surface area contributed by atoms with E-state index < -0.39 is 18.6 Å². The van der Waals surface area contributed by atoms with Crippen LogP contribution in [0.25, 0.3) is 10.8 Å². The van der Waals surface area contributed by atoms with E-state index in [9.17, 15) is 13.9 Å². The smallest absolute Gasteiger partial charge is 0.289 e. The largest absolute Gasteiger partial charge is 0.508 e. The fourth-order valence-electron chi connectivity index (χ4n) is 1.79. The first-order valence-electron chi connectivity index (χ1n) is 5.41. The molecule has 0 bridgehead atoms. The monoisotopic (exact) mass is 289 g/mol. The zero-order valence-electron chi connectivity index (χ0n) is 9.88. The van der Waals surface area contributed by atoms with Crippen molar-refractivity contribution in [2.24, 2.45) is 5.73 Å². The van der Waals surface area contributed by atoms with Crippen molar-refractivity contribution in [3.63, 3.8) is 0 Å². The first-order valence-corrected chi connectivity index (χ1v) is 5.41. The summed E-state index contributed by atoms with van der Waals surface area (Å²) in [5.41, 5.74) is 5.69. The third kappa shape index (κ3) is 3.12. The molecule has 0 aromatic heterocycles. The van der Waals surface area contributed by atoms with Gasteiger partial charge in [0.1, 0.15) is 12.4 Å². The third-order valence-corrected chi connectivity index (χ3v) is 2.87. The van der Waals surface area contributed by atoms with Gasteiger partial charge in [0, 0.05) is 0 Å². The molecule has 0 saturated carbocycles. The first kappa shape index (κ1) is 15.6. The van der Waals surface area contributed by atoms with Gasteiger partial charge in [-0.25, -0.2) is 8.78 Å². The van der Waals surface area contributed by atoms with Gasteiger partial charge in [0.05, 0.1) is 6.04 Å². The molecule has 0 spiro atoms. The van der Waals surface area contributed by atoms with Crippen molar-refractivity contribution >= 4 is 23.2 Å². The van der Waals surface area contributed by atoms with E-state index in [1.165, 1.54) is 24.3 Å². The Balaban J connectivity index is 0.00000180. The lowest BCUT2D eigenvalue weighted by atomic mass is 9.98. The Kier molecular flexibility index (Phi) is 4.68. The minimum Gasteiger partial charge on any atom is -0.508 e. The number of phenols is 1. The summed E-state index contributed by atoms with van der Waals surface area (Å²) in [4.78, 5) is 0. The average molecular weight is 290 g/mol. The number of aliphatic hydroxyl groups is 1. The number of halogens is 3. The van der Waals surface area contributed by atoms with Crippen molar-refractivity contribution < 1.29 is 19.0 Å². The Morgan fingerprint density at radius 3 is 2.32 bits per heavy atom. The van der Waals surface area contributed by atoms with Gasteiger partial charge in [-0.2, -0.15) is 0 Å². The van der Waals surface area contributed by atoms with Crippen LogP contribution in [-0.4, -0.2) is 22.7 Å². The number of hydrogen-bond donors (Lipinski definition) is 3. The summed E-state index contributed by atoms with van der Waals surface area (Å²) in [6.07, 6.45) is 0. The van der Waals surface area contributed by atoms with E-state index in [1.54, 1.807) is 12.1 Å². The molecule has 104 valence electrons. The maximum Gasteiger partial charge on any atom is 0.289 e. The van der Waals surface area contributed by atoms with E-state index in [-0.39, 0.29) is 23.7 Å². The van der Waals surface area contributed by atoms with E-state index in [0.717, 1.165) is 5.39 Å². The molecule has 6 heteroatoms. The Hall–Kier alpha value is -1.43. The van der Waals surface area contributed by atoms with Crippen LogP contribution < -0.4 is 5.73 Å². The van der Waals surface area contributed by atoms with Crippen molar-refractivity contribution in [2.45, 2.75) is 12.0 Å². The minimum atomic E-state index is -3.36. The molecule has 4 N–H and O–H groups in total. The normalized spacial score (nSPS) is 13.1. The van der Waals surface area contributed by atoms with E-state index in [1.807, 2.05) is 0 Å². The van der Waals surface area contributed by atoms with Crippen LogP contribution in [0.2, 0.25) is 0 Å². The SMILES string of the molecule is Cl.N[C@@H](c1ccc2cc(O)ccc2c1)C(F)(F)CO. The summed E-state index contributed by atoms with van der Waals surface area (Å²) >= 11 is 0. The van der Waals surface area contributed by atoms with Crippen LogP contribution in [0.1, 0.15) is 11.6 Å². The van der Waals surface area contributed by atoms with Gasteiger partial charge in [-0.15, -0.1) is 12.4 Å². The molecular weight excluding hydrogens is 276 g/mol. The van der Waals surface area contributed by atoms with E-state index in [2.05, 4.69) is 0 Å². The predicted molar refractivity (Wildman–Crippen MR) is 71.8 cm³/mol. The highest BCUT2D eigenvalue weighted by molar-refractivity contribution is 5.85. The highest BCUT2D eigenvalue weighted by atomic mass is 35.5. The maximum atomic E-state index is 13.3. The number of phenolic OH excluding ortho intramolecular Hbond substituents is 1. The number of nitrogens with two attached hydrogens (primary N) is 1. The summed E-state index contributed by atoms with van der Waals surface area (Å²) < 4.78 is 26.6. The molecular formula is C13H14ClF2NO2. The van der Waals surface area contributed by atoms with Crippen molar-refractivity contribution in [2.75, 3.05) is 6.61 Å². The van der Waals surface area contributed by atoms with Gasteiger partial charge in [-0.1, -0.05) is 18.2 Å². The standard InChI is InChI=1S/C13H13F2NO2.ClH/c14-13(15,7-17)12(16)10-2-1-9-6-11(18)4-3-8(9)5-10;/h1-6,12,17-18H,7,16H2;1H/t12-;/m0./s1. The second kappa shape index (κ2) is 5.69. The van der Waals surface area contributed by atoms with Gasteiger partial charge in [0.15, 0.2) is 0 Å². The Morgan fingerprint density at radius 2 is 1.68 bits per heavy atom. The van der Waals surface area contributed by atoms with Crippen molar-refractivity contribution in [3.05, 3.63) is 42.0 Å². The van der Waals surface area contributed by atoms with Crippen LogP contribution in [0.5, 0.6) is 5.75 Å². The molecule has 3 nitrogen and oxygen atoms in total. The lowest BCUT2D eigenvalue weighted by molar-refractivity contribution is -0.0711. The molecule has 0 unspecified atom stereocenters. The first-order chi connectivity index (χ1) is 8.44. The van der Waals surface area contributed by atoms with Crippen molar-refractivity contribution in [1.29, 1.82) is 0 Å². The molecule has 1 atom stereocenters. The highest BCUT2D eigenvalue weighted by Crippen LogP contribution is 2.31. The number of benzene rings is 2. The van der Waals surface area contributed by atoms with E-state index in [0.29, 0.717) is 5.39 Å². The van der Waals surface area contributed by atoms with Crippen LogP contribution in [0.4, 0.5) is 8.78 Å². The van der Waals surface area contributed by atoms with Crippen LogP contribution >= 0.6 is 12.4 Å². The molecule has 2 rings (SSSR count). The summed E-state index contributed by atoms with van der Waals surface area (Å²) in [5.74, 6) is -3.25. The van der Waals surface area contributed by atoms with E-state index in [4.69, 9.17) is 10.8 Å². The number of hydrogen-bond acceptors (Lipinski definition) is 3. The molecule has 2 aromatic carbocycles. The van der Waals surface area contributed by atoms with Gasteiger partial charge in [-0.05, 0) is 34.5 Å². The number of fused-ring (bicyclic) bond motifs is 1. The zero-order chi connectivity index (χ0) is 13.3. The summed E-state index contributed by atoms with van der Waals surface area (Å²) in [6, 6.07) is 7.69. The van der Waals surface area contributed by atoms with Crippen molar-refractivity contribution in [1.82, 2.24) is 0 Å². The maximum absolute atomic E-state index is 13.3. The van der Waals surface area contributed by atoms with Gasteiger partial charge in [0.2, 0.25) is 0 Å². The quantitative estimate of drug-likeness (QED) is 0.814. The van der Waals surface area contributed by atoms with Crippen LogP contribution in [0.3, 0.4) is 0 Å². The summed E-state index contributed by atoms with van der Waals surface area (Å²) in [6.45, 7) is -1.29. The number of alkyl halides is 2. The van der Waals surface area contributed by atoms with Crippen molar-refractivity contribution in [3.8, 4) is 5.75 Å². The van der Waals surface area contributed by atoms with Gasteiger partial charge in [0.25, 0.3) is 5.92 Å². The van der Waals surface area contributed by atoms with Crippen LogP contribution in [-0.2, 0) is 0 Å². The Labute approximate surface area is 115 Å². The van der Waals surface area contributed by atoms with Gasteiger partial charge < -0.3 is 15.9 Å². The van der Waals surface area contributed by atoms with Gasteiger partial charge in [-0.3, -0.25) is 0 Å².